The van der Waals surface area contributed by atoms with Crippen LogP contribution >= 0.6 is 0 Å². The molecule has 7 nitrogen and oxygen atoms in total. The fourth-order valence-corrected chi connectivity index (χ4v) is 4.06. The summed E-state index contributed by atoms with van der Waals surface area (Å²) in [5.41, 5.74) is 1.13. The molecule has 0 radical (unpaired) electrons. The lowest BCUT2D eigenvalue weighted by Crippen LogP contribution is -2.55. The maximum atomic E-state index is 13.5. The summed E-state index contributed by atoms with van der Waals surface area (Å²) in [6.07, 6.45) is 5.59. The molecule has 1 aromatic carbocycles. The summed E-state index contributed by atoms with van der Waals surface area (Å²) in [5.74, 6) is -0.896. The first-order valence-corrected chi connectivity index (χ1v) is 11.9. The van der Waals surface area contributed by atoms with Crippen LogP contribution in [0.3, 0.4) is 0 Å². The highest BCUT2D eigenvalue weighted by atomic mass is 16.5. The predicted molar refractivity (Wildman–Crippen MR) is 123 cm³/mol. The zero-order chi connectivity index (χ0) is 23.3. The number of aryl methyl sites for hydroxylation is 1. The zero-order valence-electron chi connectivity index (χ0n) is 19.7. The van der Waals surface area contributed by atoms with E-state index >= 15 is 0 Å². The van der Waals surface area contributed by atoms with Gasteiger partial charge >= 0.3 is 11.9 Å². The molecule has 1 heterocycles. The van der Waals surface area contributed by atoms with Gasteiger partial charge in [0.25, 0.3) is 0 Å². The third-order valence-electron chi connectivity index (χ3n) is 5.86. The van der Waals surface area contributed by atoms with E-state index in [0.29, 0.717) is 25.8 Å². The standard InChI is InChI=1S/C25H38N2O5/c1-4-31-24(29)19(3)27-18-12-7-6-11-15-21(23(27)28)26-22(25(30)32-5-2)17-16-20-13-9-8-10-14-20/h8-10,13-14,19,21-22,26H,4-7,11-12,15-18H2,1-3H3. The highest BCUT2D eigenvalue weighted by Crippen LogP contribution is 2.18. The van der Waals surface area contributed by atoms with Gasteiger partial charge in [-0.05, 0) is 52.0 Å². The number of rotatable bonds is 10. The molecule has 0 saturated carbocycles. The van der Waals surface area contributed by atoms with Gasteiger partial charge in [0, 0.05) is 6.54 Å². The van der Waals surface area contributed by atoms with E-state index in [-0.39, 0.29) is 25.1 Å². The van der Waals surface area contributed by atoms with Gasteiger partial charge in [0.2, 0.25) is 5.91 Å². The van der Waals surface area contributed by atoms with Crippen LogP contribution in [-0.2, 0) is 30.3 Å². The molecule has 1 aliphatic heterocycles. The smallest absolute Gasteiger partial charge is 0.328 e. The molecule has 1 saturated heterocycles. The SMILES string of the molecule is CCOC(=O)C(CCc1ccccc1)NC1CCCCCCN(C(C)C(=O)OCC)C1=O. The average molecular weight is 447 g/mol. The van der Waals surface area contributed by atoms with Crippen molar-refractivity contribution < 1.29 is 23.9 Å². The summed E-state index contributed by atoms with van der Waals surface area (Å²) in [6, 6.07) is 8.15. The Morgan fingerprint density at radius 3 is 2.38 bits per heavy atom. The first kappa shape index (κ1) is 25.8. The summed E-state index contributed by atoms with van der Waals surface area (Å²) >= 11 is 0. The van der Waals surface area contributed by atoms with E-state index in [1.807, 2.05) is 30.3 Å². The third-order valence-corrected chi connectivity index (χ3v) is 5.86. The summed E-state index contributed by atoms with van der Waals surface area (Å²) in [6.45, 7) is 6.31. The van der Waals surface area contributed by atoms with E-state index in [9.17, 15) is 14.4 Å². The predicted octanol–water partition coefficient (Wildman–Crippen LogP) is 3.25. The topological polar surface area (TPSA) is 84.9 Å². The van der Waals surface area contributed by atoms with Crippen molar-refractivity contribution in [1.82, 2.24) is 10.2 Å². The van der Waals surface area contributed by atoms with E-state index in [2.05, 4.69) is 5.32 Å². The van der Waals surface area contributed by atoms with Crippen LogP contribution < -0.4 is 5.32 Å². The molecule has 3 atom stereocenters. The highest BCUT2D eigenvalue weighted by Gasteiger charge is 2.34. The van der Waals surface area contributed by atoms with Crippen molar-refractivity contribution in [3.63, 3.8) is 0 Å². The van der Waals surface area contributed by atoms with Gasteiger partial charge in [-0.25, -0.2) is 4.79 Å². The van der Waals surface area contributed by atoms with Gasteiger partial charge in [-0.15, -0.1) is 0 Å². The van der Waals surface area contributed by atoms with E-state index in [0.717, 1.165) is 31.2 Å². The van der Waals surface area contributed by atoms with Gasteiger partial charge < -0.3 is 14.4 Å². The Morgan fingerprint density at radius 1 is 1.03 bits per heavy atom. The summed E-state index contributed by atoms with van der Waals surface area (Å²) in [5, 5.41) is 3.29. The number of amides is 1. The van der Waals surface area contributed by atoms with Crippen molar-refractivity contribution in [2.45, 2.75) is 83.8 Å². The van der Waals surface area contributed by atoms with Gasteiger partial charge in [-0.1, -0.05) is 49.6 Å². The van der Waals surface area contributed by atoms with Crippen LogP contribution in [0.1, 0.15) is 64.9 Å². The molecular weight excluding hydrogens is 408 g/mol. The second-order valence-electron chi connectivity index (χ2n) is 8.21. The van der Waals surface area contributed by atoms with E-state index in [4.69, 9.17) is 9.47 Å². The Bertz CT molecular complexity index is 724. The minimum atomic E-state index is -0.657. The van der Waals surface area contributed by atoms with Crippen molar-refractivity contribution in [3.05, 3.63) is 35.9 Å². The molecule has 1 N–H and O–H groups in total. The number of nitrogens with zero attached hydrogens (tertiary/aromatic N) is 1. The normalized spacial score (nSPS) is 19.3. The van der Waals surface area contributed by atoms with Crippen molar-refractivity contribution in [1.29, 1.82) is 0 Å². The number of carbonyl (C=O) groups excluding carboxylic acids is 3. The largest absolute Gasteiger partial charge is 0.465 e. The number of ether oxygens (including phenoxy) is 2. The molecule has 2 rings (SSSR count). The van der Waals surface area contributed by atoms with Crippen LogP contribution in [0, 0.1) is 0 Å². The molecule has 1 fully saturated rings. The molecule has 0 spiro atoms. The first-order chi connectivity index (χ1) is 15.5. The summed E-state index contributed by atoms with van der Waals surface area (Å²) in [7, 11) is 0. The minimum absolute atomic E-state index is 0.151. The first-order valence-electron chi connectivity index (χ1n) is 11.9. The monoisotopic (exact) mass is 446 g/mol. The molecule has 0 aliphatic carbocycles. The lowest BCUT2D eigenvalue weighted by molar-refractivity contribution is -0.155. The zero-order valence-corrected chi connectivity index (χ0v) is 19.7. The van der Waals surface area contributed by atoms with Crippen LogP contribution in [-0.4, -0.2) is 60.6 Å². The molecule has 1 amide bonds. The lowest BCUT2D eigenvalue weighted by atomic mass is 10.0. The number of benzene rings is 1. The van der Waals surface area contributed by atoms with E-state index < -0.39 is 24.1 Å². The van der Waals surface area contributed by atoms with Gasteiger partial charge in [0.1, 0.15) is 12.1 Å². The number of carbonyl (C=O) groups is 3. The van der Waals surface area contributed by atoms with Gasteiger partial charge in [0.05, 0.1) is 19.3 Å². The second kappa shape index (κ2) is 13.9. The Morgan fingerprint density at radius 2 is 1.69 bits per heavy atom. The Labute approximate surface area is 191 Å². The van der Waals surface area contributed by atoms with Crippen LogP contribution in [0.5, 0.6) is 0 Å². The van der Waals surface area contributed by atoms with Crippen molar-refractivity contribution >= 4 is 17.8 Å². The van der Waals surface area contributed by atoms with Crippen molar-refractivity contribution in [2.75, 3.05) is 19.8 Å². The summed E-state index contributed by atoms with van der Waals surface area (Å²) < 4.78 is 10.4. The van der Waals surface area contributed by atoms with Crippen LogP contribution in [0.25, 0.3) is 0 Å². The van der Waals surface area contributed by atoms with Gasteiger partial charge in [-0.2, -0.15) is 0 Å². The van der Waals surface area contributed by atoms with Gasteiger partial charge in [-0.3, -0.25) is 14.9 Å². The van der Waals surface area contributed by atoms with Gasteiger partial charge in [0.15, 0.2) is 0 Å². The molecule has 0 aromatic heterocycles. The van der Waals surface area contributed by atoms with Crippen molar-refractivity contribution in [2.24, 2.45) is 0 Å². The number of nitrogens with one attached hydrogen (secondary N) is 1. The van der Waals surface area contributed by atoms with Crippen molar-refractivity contribution in [3.8, 4) is 0 Å². The minimum Gasteiger partial charge on any atom is -0.465 e. The molecule has 0 bridgehead atoms. The molecule has 3 unspecified atom stereocenters. The van der Waals surface area contributed by atoms with E-state index in [1.165, 1.54) is 0 Å². The molecular formula is C25H38N2O5. The van der Waals surface area contributed by atoms with Crippen LogP contribution in [0.15, 0.2) is 30.3 Å². The Hall–Kier alpha value is -2.41. The maximum absolute atomic E-state index is 13.5. The Balaban J connectivity index is 2.17. The number of hydrogen-bond acceptors (Lipinski definition) is 6. The average Bonchev–Trinajstić information content (AvgIpc) is 2.88. The third kappa shape index (κ3) is 7.93. The van der Waals surface area contributed by atoms with E-state index in [1.54, 1.807) is 25.7 Å². The fourth-order valence-electron chi connectivity index (χ4n) is 4.06. The summed E-state index contributed by atoms with van der Waals surface area (Å²) in [4.78, 5) is 40.1. The molecule has 1 aromatic rings. The lowest BCUT2D eigenvalue weighted by Gasteiger charge is -2.32. The number of esters is 2. The number of hydrogen-bond donors (Lipinski definition) is 1. The quantitative estimate of drug-likeness (QED) is 0.556. The second-order valence-corrected chi connectivity index (χ2v) is 8.21. The van der Waals surface area contributed by atoms with Crippen LogP contribution in [0.4, 0.5) is 0 Å². The highest BCUT2D eigenvalue weighted by molar-refractivity contribution is 5.88. The molecule has 7 heteroatoms. The molecule has 178 valence electrons. The molecule has 32 heavy (non-hydrogen) atoms. The fraction of sp³-hybridized carbons (Fsp3) is 0.640. The van der Waals surface area contributed by atoms with Crippen LogP contribution in [0.2, 0.25) is 0 Å². The maximum Gasteiger partial charge on any atom is 0.328 e. The Kier molecular flexibility index (Phi) is 11.2. The molecule has 1 aliphatic rings.